The van der Waals surface area contributed by atoms with Crippen molar-refractivity contribution in [2.45, 2.75) is 0 Å². The van der Waals surface area contributed by atoms with Crippen LogP contribution in [0.2, 0.25) is 0 Å². The molecule has 1 heterocycles. The Bertz CT molecular complexity index is 109. The fourth-order valence-electron chi connectivity index (χ4n) is 0.215. The molecule has 32 valence electrons. The molecule has 0 saturated carbocycles. The van der Waals surface area contributed by atoms with E-state index in [2.05, 4.69) is 15.2 Å². The molecule has 0 aliphatic heterocycles. The number of nitrogen functional groups attached to an aromatic ring is 1. The third-order valence-electron chi connectivity index (χ3n) is 0.434. The van der Waals surface area contributed by atoms with Crippen LogP contribution in [0.15, 0.2) is 6.33 Å². The lowest BCUT2D eigenvalue weighted by atomic mass is 12.1. The Balaban J connectivity index is 3.05. The molecule has 0 unspecified atom stereocenters. The summed E-state index contributed by atoms with van der Waals surface area (Å²) in [5.41, 5.74) is 5.05. The van der Waals surface area contributed by atoms with Crippen LogP contribution in [0.5, 0.6) is 0 Å². The second kappa shape index (κ2) is 0.965. The Morgan fingerprint density at radius 1 is 1.83 bits per heavy atom. The third kappa shape index (κ3) is 0.314. The fraction of sp³-hybridized carbons (Fsp3) is 0. The van der Waals surface area contributed by atoms with Gasteiger partial charge in [0, 0.05) is 0 Å². The maximum absolute atomic E-state index is 5.05. The summed E-state index contributed by atoms with van der Waals surface area (Å²) < 4.78 is 0. The van der Waals surface area contributed by atoms with Gasteiger partial charge in [-0.25, -0.2) is 10.1 Å². The van der Waals surface area contributed by atoms with E-state index < -0.39 is 0 Å². The van der Waals surface area contributed by atoms with E-state index in [4.69, 9.17) is 5.73 Å². The van der Waals surface area contributed by atoms with Gasteiger partial charge >= 0.3 is 0 Å². The van der Waals surface area contributed by atoms with Crippen LogP contribution in [0, 0.1) is 0 Å². The average Bonchev–Trinajstić information content (AvgIpc) is 1.86. The van der Waals surface area contributed by atoms with Crippen LogP contribution in [0.3, 0.4) is 0 Å². The number of H-pyrrole nitrogens is 1. The average molecular weight is 90.0 g/mol. The van der Waals surface area contributed by atoms with Crippen molar-refractivity contribution in [2.24, 2.45) is 0 Å². The first kappa shape index (κ1) is 3.14. The molecule has 0 bridgehead atoms. The van der Waals surface area contributed by atoms with E-state index >= 15 is 0 Å². The van der Waals surface area contributed by atoms with Gasteiger partial charge < -0.3 is 5.73 Å². The summed E-state index contributed by atoms with van der Waals surface area (Å²) in [5.74, 6) is 0.356. The normalized spacial score (nSPS) is 8.67. The molecule has 0 fully saturated rings. The summed E-state index contributed by atoms with van der Waals surface area (Å²) >= 11 is 0. The molecule has 3 N–H and O–H groups in total. The molecular formula is C2H4N4. The number of nitrogens with two attached hydrogens (primary N) is 1. The Morgan fingerprint density at radius 3 is 2.83 bits per heavy atom. The Hall–Kier alpha value is -1.06. The van der Waals surface area contributed by atoms with Gasteiger partial charge in [0.05, 0.1) is 0 Å². The van der Waals surface area contributed by atoms with E-state index in [1.54, 1.807) is 0 Å². The van der Waals surface area contributed by atoms with Crippen LogP contribution in [-0.4, -0.2) is 15.2 Å². The van der Waals surface area contributed by atoms with E-state index in [9.17, 15) is 0 Å². The molecule has 0 aromatic carbocycles. The number of hydrogen-bond acceptors (Lipinski definition) is 3. The zero-order chi connectivity index (χ0) is 4.41. The molecule has 1 aromatic rings. The van der Waals surface area contributed by atoms with Gasteiger partial charge in [-0.15, -0.1) is 0 Å². The van der Waals surface area contributed by atoms with Crippen molar-refractivity contribution >= 4 is 5.95 Å². The van der Waals surface area contributed by atoms with E-state index in [0.29, 0.717) is 5.95 Å². The fourth-order valence-corrected chi connectivity index (χ4v) is 0.215. The third-order valence-corrected chi connectivity index (χ3v) is 0.434. The zero-order valence-corrected chi connectivity index (χ0v) is 3.05. The Kier molecular flexibility index (Phi) is 0.506. The predicted molar refractivity (Wildman–Crippen MR) is 20.8 cm³/mol. The molecule has 0 aliphatic carbocycles. The highest BCUT2D eigenvalue weighted by atomic mass is 16.2. The van der Waals surface area contributed by atoms with Gasteiger partial charge in [-0.3, -0.25) is 0 Å². The van der Waals surface area contributed by atoms with Crippen LogP contribution in [0.25, 0.3) is 0 Å². The van der Waals surface area contributed by atoms with E-state index in [0.717, 1.165) is 0 Å². The zero-order valence-electron chi connectivity index (χ0n) is 3.05. The van der Waals surface area contributed by atoms with Crippen molar-refractivity contribution in [3.63, 3.8) is 0 Å². The minimum Gasteiger partial charge on any atom is -0.368 e. The predicted octanol–water partition coefficient (Wildman–Crippen LogP) is -0.613. The molecular weight excluding hydrogens is 86.0 g/mol. The first-order chi connectivity index (χ1) is 2.89. The highest BCUT2D eigenvalue weighted by Crippen LogP contribution is 1.76. The van der Waals surface area contributed by atoms with Gasteiger partial charge in [0.1, 0.15) is 6.33 Å². The number of anilines is 1. The Labute approximate surface area is 34.4 Å². The van der Waals surface area contributed by atoms with Crippen molar-refractivity contribution in [3.8, 4) is 0 Å². The van der Waals surface area contributed by atoms with Gasteiger partial charge in [0.25, 0.3) is 0 Å². The van der Waals surface area contributed by atoms with Crippen LogP contribution in [-0.2, 0) is 0 Å². The smallest absolute Gasteiger partial charge is 0.215 e. The highest BCUT2D eigenvalue weighted by molar-refractivity contribution is 5.07. The quantitative estimate of drug-likeness (QED) is 0.417. The minimum atomic E-state index is 0.356. The second-order valence-corrected chi connectivity index (χ2v) is 0.871. The monoisotopic (exact) mass is 90.0 g/mol. The van der Waals surface area contributed by atoms with Gasteiger partial charge in [0.15, 0.2) is 0 Å². The highest BCUT2D eigenvalue weighted by Gasteiger charge is 1.75. The van der Waals surface area contributed by atoms with Crippen LogP contribution < -0.4 is 5.73 Å². The summed E-state index contributed by atoms with van der Waals surface area (Å²) in [5, 5.41) is 5.88. The number of nitrogens with one attached hydrogen (secondary N) is 1. The summed E-state index contributed by atoms with van der Waals surface area (Å²) in [6.45, 7) is 0. The summed E-state index contributed by atoms with van der Waals surface area (Å²) in [6.07, 6.45) is 1.36. The van der Waals surface area contributed by atoms with Crippen molar-refractivity contribution in [1.82, 2.24) is 15.2 Å². The maximum atomic E-state index is 5.05. The summed E-state index contributed by atoms with van der Waals surface area (Å²) in [6, 6.07) is 0. The molecule has 1 aromatic heterocycles. The molecule has 0 atom stereocenters. The lowest BCUT2D eigenvalue weighted by Crippen LogP contribution is -1.84. The van der Waals surface area contributed by atoms with Crippen molar-refractivity contribution in [1.29, 1.82) is 0 Å². The molecule has 1 rings (SSSR count). The maximum Gasteiger partial charge on any atom is 0.215 e. The SMILES string of the molecule is [15NH2][13c]1[15n][13cH][15n][15nH]1. The van der Waals surface area contributed by atoms with Gasteiger partial charge in [0.2, 0.25) is 5.95 Å². The Morgan fingerprint density at radius 2 is 2.67 bits per heavy atom. The van der Waals surface area contributed by atoms with Crippen molar-refractivity contribution < 1.29 is 0 Å². The lowest BCUT2D eigenvalue weighted by molar-refractivity contribution is 1.10. The number of aromatic nitrogens is 3. The molecule has 4 nitrogen and oxygen atoms in total. The molecule has 0 amide bonds. The summed E-state index contributed by atoms with van der Waals surface area (Å²) in [4.78, 5) is 3.53. The molecule has 0 spiro atoms. The van der Waals surface area contributed by atoms with Gasteiger partial charge in [-0.2, -0.15) is 5.10 Å². The van der Waals surface area contributed by atoms with E-state index in [1.807, 2.05) is 0 Å². The number of rotatable bonds is 0. The topological polar surface area (TPSA) is 67.6 Å². The second-order valence-electron chi connectivity index (χ2n) is 0.871. The standard InChI is InChI=1S/C2H4N4/c3-2-4-1-5-6-2/h1H,(H3,3,4,5,6)/i1+1,2+1,3+1,4+1,5+1,6+1. The van der Waals surface area contributed by atoms with Crippen LogP contribution in [0.1, 0.15) is 0 Å². The largest absolute Gasteiger partial charge is 0.368 e. The minimum absolute atomic E-state index is 0.356. The van der Waals surface area contributed by atoms with Crippen molar-refractivity contribution in [3.05, 3.63) is 6.33 Å². The van der Waals surface area contributed by atoms with Crippen LogP contribution >= 0.6 is 0 Å². The molecule has 4 heteroatoms. The molecule has 0 radical (unpaired) electrons. The lowest BCUT2D eigenvalue weighted by Gasteiger charge is -1.68. The van der Waals surface area contributed by atoms with Gasteiger partial charge in [-0.05, 0) is 0 Å². The van der Waals surface area contributed by atoms with Crippen LogP contribution in [0.4, 0.5) is 5.95 Å². The molecule has 6 heavy (non-hydrogen) atoms. The summed E-state index contributed by atoms with van der Waals surface area (Å²) in [7, 11) is 0. The first-order valence-corrected chi connectivity index (χ1v) is 1.50. The molecule has 0 saturated heterocycles. The van der Waals surface area contributed by atoms with Crippen molar-refractivity contribution in [2.75, 3.05) is 5.73 Å². The first-order valence-electron chi connectivity index (χ1n) is 1.50. The molecule has 0 aliphatic rings. The number of nitrogens with zero attached hydrogens (tertiary/aromatic N) is 2. The van der Waals surface area contributed by atoms with E-state index in [1.165, 1.54) is 6.33 Å². The number of hydrogen-bond donors (Lipinski definition) is 2. The van der Waals surface area contributed by atoms with Gasteiger partial charge in [-0.1, -0.05) is 0 Å². The number of aromatic amines is 1. The van der Waals surface area contributed by atoms with E-state index in [-0.39, 0.29) is 0 Å².